The van der Waals surface area contributed by atoms with Crippen LogP contribution in [0.2, 0.25) is 0 Å². The number of sulfonamides is 1. The molecule has 1 aliphatic rings. The highest BCUT2D eigenvalue weighted by molar-refractivity contribution is 7.92. The summed E-state index contributed by atoms with van der Waals surface area (Å²) in [7, 11) is -2.86. The summed E-state index contributed by atoms with van der Waals surface area (Å²) < 4.78 is 45.0. The van der Waals surface area contributed by atoms with Crippen LogP contribution in [-0.2, 0) is 35.4 Å². The number of aliphatic hydroxyl groups excluding tert-OH is 1. The van der Waals surface area contributed by atoms with Crippen molar-refractivity contribution in [3.05, 3.63) is 119 Å². The molecule has 3 aromatic carbocycles. The Morgan fingerprint density at radius 1 is 0.918 bits per heavy atom. The number of methoxy groups -OCH3 is 1. The molecule has 2 amide bonds. The van der Waals surface area contributed by atoms with Crippen LogP contribution in [0.25, 0.3) is 0 Å². The molecule has 0 saturated carbocycles. The monoisotopic (exact) mass is 693 g/mol. The molecule has 3 aromatic rings. The summed E-state index contributed by atoms with van der Waals surface area (Å²) >= 11 is 0. The molecule has 0 aromatic heterocycles. The molecule has 1 heterocycles. The summed E-state index contributed by atoms with van der Waals surface area (Å²) in [6, 6.07) is 26.7. The Labute approximate surface area is 289 Å². The second-order valence-electron chi connectivity index (χ2n) is 12.3. The van der Waals surface area contributed by atoms with Gasteiger partial charge in [-0.2, -0.15) is 4.31 Å². The van der Waals surface area contributed by atoms with Crippen molar-refractivity contribution < 1.29 is 37.3 Å². The number of amides is 2. The van der Waals surface area contributed by atoms with Gasteiger partial charge in [-0.25, -0.2) is 13.2 Å². The highest BCUT2D eigenvalue weighted by Gasteiger charge is 2.39. The first kappa shape index (κ1) is 37.4. The fourth-order valence-electron chi connectivity index (χ4n) is 5.79. The van der Waals surface area contributed by atoms with Crippen molar-refractivity contribution >= 4 is 22.0 Å². The average molecular weight is 694 g/mol. The second-order valence-corrected chi connectivity index (χ2v) is 14.1. The van der Waals surface area contributed by atoms with Crippen LogP contribution in [0.15, 0.2) is 102 Å². The standard InChI is InChI=1S/C37H47N3O8S/c1-27(2)24-40(49(44,45)33-26-47-32(48-33)23-28-15-7-4-8-16-28)31(25-41)21-13-14-22-38-36(42)35(39-37(43)46-3)34(29-17-9-5-10-18-29)30-19-11-6-12-20-30/h4-12,15-20,26-27,31-32,34-35,41H,13-14,21-25H2,1-3H3,(H,38,42)(H,39,43)/t31?,32?,35-/m0/s1. The molecule has 3 N–H and O–H groups in total. The number of hydrogen-bond donors (Lipinski definition) is 3. The molecule has 0 fully saturated rings. The van der Waals surface area contributed by atoms with Crippen molar-refractivity contribution in [2.75, 3.05) is 26.8 Å². The van der Waals surface area contributed by atoms with Gasteiger partial charge in [-0.1, -0.05) is 111 Å². The number of rotatable bonds is 18. The molecule has 12 heteroatoms. The number of carbonyl (C=O) groups is 2. The smallest absolute Gasteiger partial charge is 0.407 e. The van der Waals surface area contributed by atoms with Gasteiger partial charge in [0.2, 0.25) is 12.2 Å². The molecular formula is C37H47N3O8S. The van der Waals surface area contributed by atoms with E-state index in [0.717, 1.165) is 23.0 Å². The van der Waals surface area contributed by atoms with Crippen LogP contribution < -0.4 is 10.6 Å². The number of nitrogens with one attached hydrogen (secondary N) is 2. The van der Waals surface area contributed by atoms with Crippen LogP contribution in [-0.4, -0.2) is 75.0 Å². The number of benzene rings is 3. The molecule has 4 rings (SSSR count). The van der Waals surface area contributed by atoms with Gasteiger partial charge in [-0.3, -0.25) is 4.79 Å². The molecule has 1 aliphatic heterocycles. The Morgan fingerprint density at radius 2 is 1.51 bits per heavy atom. The van der Waals surface area contributed by atoms with Crippen molar-refractivity contribution in [3.63, 3.8) is 0 Å². The number of hydrogen-bond acceptors (Lipinski definition) is 8. The zero-order valence-electron chi connectivity index (χ0n) is 28.2. The summed E-state index contributed by atoms with van der Waals surface area (Å²) in [4.78, 5) is 26.0. The summed E-state index contributed by atoms with van der Waals surface area (Å²) in [5.41, 5.74) is 2.64. The fourth-order valence-corrected chi connectivity index (χ4v) is 7.49. The quantitative estimate of drug-likeness (QED) is 0.160. The number of unbranched alkanes of at least 4 members (excludes halogenated alkanes) is 1. The molecule has 11 nitrogen and oxygen atoms in total. The molecule has 0 radical (unpaired) electrons. The van der Waals surface area contributed by atoms with E-state index in [0.29, 0.717) is 25.7 Å². The van der Waals surface area contributed by atoms with Crippen molar-refractivity contribution in [1.29, 1.82) is 0 Å². The zero-order chi connectivity index (χ0) is 35.2. The number of ether oxygens (including phenoxy) is 3. The Bertz CT molecular complexity index is 1560. The van der Waals surface area contributed by atoms with Crippen LogP contribution in [0.5, 0.6) is 0 Å². The molecule has 0 spiro atoms. The van der Waals surface area contributed by atoms with E-state index in [1.807, 2.05) is 105 Å². The summed E-state index contributed by atoms with van der Waals surface area (Å²) in [5, 5.41) is 15.7. The maximum Gasteiger partial charge on any atom is 0.407 e. The van der Waals surface area contributed by atoms with Gasteiger partial charge in [0.1, 0.15) is 12.3 Å². The van der Waals surface area contributed by atoms with Crippen LogP contribution in [0.4, 0.5) is 4.79 Å². The predicted molar refractivity (Wildman–Crippen MR) is 186 cm³/mol. The summed E-state index contributed by atoms with van der Waals surface area (Å²) in [6.45, 7) is 3.87. The normalized spacial score (nSPS) is 15.7. The third-order valence-corrected chi connectivity index (χ3v) is 9.96. The minimum absolute atomic E-state index is 0.0208. The zero-order valence-corrected chi connectivity index (χ0v) is 29.1. The van der Waals surface area contributed by atoms with Gasteiger partial charge in [-0.15, -0.1) is 0 Å². The highest BCUT2D eigenvalue weighted by atomic mass is 32.2. The van der Waals surface area contributed by atoms with Crippen molar-refractivity contribution in [2.24, 2.45) is 5.92 Å². The van der Waals surface area contributed by atoms with E-state index < -0.39 is 40.4 Å². The Hall–Kier alpha value is -4.39. The Morgan fingerprint density at radius 3 is 2.06 bits per heavy atom. The first-order valence-corrected chi connectivity index (χ1v) is 18.0. The minimum Gasteiger partial charge on any atom is -0.457 e. The van der Waals surface area contributed by atoms with Crippen molar-refractivity contribution in [3.8, 4) is 0 Å². The van der Waals surface area contributed by atoms with Gasteiger partial charge in [0.25, 0.3) is 15.1 Å². The van der Waals surface area contributed by atoms with Crippen LogP contribution in [0, 0.1) is 5.92 Å². The van der Waals surface area contributed by atoms with E-state index in [1.54, 1.807) is 0 Å². The number of aliphatic hydroxyl groups is 1. The molecule has 0 saturated heterocycles. The summed E-state index contributed by atoms with van der Waals surface area (Å²) in [6.07, 6.45) is 1.38. The maximum atomic E-state index is 13.8. The number of nitrogens with zero attached hydrogens (tertiary/aromatic N) is 1. The van der Waals surface area contributed by atoms with Gasteiger partial charge in [0.05, 0.1) is 13.7 Å². The molecule has 3 atom stereocenters. The van der Waals surface area contributed by atoms with Crippen LogP contribution in [0.3, 0.4) is 0 Å². The third-order valence-electron chi connectivity index (χ3n) is 8.19. The molecule has 0 bridgehead atoms. The summed E-state index contributed by atoms with van der Waals surface area (Å²) in [5.74, 6) is -0.896. The Kier molecular flexibility index (Phi) is 14.1. The first-order valence-electron chi connectivity index (χ1n) is 16.5. The highest BCUT2D eigenvalue weighted by Crippen LogP contribution is 2.30. The van der Waals surface area contributed by atoms with E-state index >= 15 is 0 Å². The lowest BCUT2D eigenvalue weighted by Crippen LogP contribution is -2.50. The predicted octanol–water partition coefficient (Wildman–Crippen LogP) is 4.89. The lowest BCUT2D eigenvalue weighted by molar-refractivity contribution is -0.123. The lowest BCUT2D eigenvalue weighted by Gasteiger charge is -2.31. The number of alkyl carbamates (subject to hydrolysis) is 1. The van der Waals surface area contributed by atoms with Crippen molar-refractivity contribution in [1.82, 2.24) is 14.9 Å². The van der Waals surface area contributed by atoms with Gasteiger partial charge in [0, 0.05) is 31.5 Å². The molecule has 49 heavy (non-hydrogen) atoms. The first-order chi connectivity index (χ1) is 23.6. The lowest BCUT2D eigenvalue weighted by atomic mass is 9.84. The van der Waals surface area contributed by atoms with Gasteiger partial charge >= 0.3 is 6.09 Å². The largest absolute Gasteiger partial charge is 0.457 e. The topological polar surface area (TPSA) is 143 Å². The Balaban J connectivity index is 1.38. The number of carbonyl (C=O) groups excluding carboxylic acids is 2. The van der Waals surface area contributed by atoms with E-state index in [-0.39, 0.29) is 36.6 Å². The van der Waals surface area contributed by atoms with E-state index in [4.69, 9.17) is 14.2 Å². The molecule has 2 unspecified atom stereocenters. The maximum absolute atomic E-state index is 13.8. The van der Waals surface area contributed by atoms with E-state index in [1.165, 1.54) is 11.4 Å². The van der Waals surface area contributed by atoms with E-state index in [9.17, 15) is 23.1 Å². The van der Waals surface area contributed by atoms with Crippen LogP contribution >= 0.6 is 0 Å². The average Bonchev–Trinajstić information content (AvgIpc) is 3.59. The molecular weight excluding hydrogens is 646 g/mol. The van der Waals surface area contributed by atoms with Gasteiger partial charge in [0.15, 0.2) is 0 Å². The minimum atomic E-state index is -4.11. The molecule has 0 aliphatic carbocycles. The van der Waals surface area contributed by atoms with Gasteiger partial charge < -0.3 is 30.0 Å². The molecule has 264 valence electrons. The van der Waals surface area contributed by atoms with Gasteiger partial charge in [-0.05, 0) is 35.4 Å². The van der Waals surface area contributed by atoms with Crippen LogP contribution in [0.1, 0.15) is 55.7 Å². The SMILES string of the molecule is COC(=O)N[C@H](C(=O)NCCCCC(CO)N(CC(C)C)S(=O)(=O)C1=COC(Cc2ccccc2)O1)C(c1ccccc1)c1ccccc1. The van der Waals surface area contributed by atoms with Crippen molar-refractivity contribution in [2.45, 2.75) is 63.8 Å². The third kappa shape index (κ3) is 10.5. The van der Waals surface area contributed by atoms with E-state index in [2.05, 4.69) is 10.6 Å². The second kappa shape index (κ2) is 18.4. The fraction of sp³-hybridized carbons (Fsp3) is 0.405.